The van der Waals surface area contributed by atoms with Crippen molar-refractivity contribution in [2.24, 2.45) is 0 Å². The number of ether oxygens (including phenoxy) is 3. The molecule has 1 fully saturated rings. The molecule has 0 aliphatic carbocycles. The number of hydrogen-bond donors (Lipinski definition) is 1. The zero-order chi connectivity index (χ0) is 14.0. The number of nitrogens with one attached hydrogen (secondary N) is 1. The summed E-state index contributed by atoms with van der Waals surface area (Å²) in [6.45, 7) is 0.393. The van der Waals surface area contributed by atoms with E-state index < -0.39 is 17.5 Å². The van der Waals surface area contributed by atoms with Crippen LogP contribution in [0.1, 0.15) is 12.6 Å². The van der Waals surface area contributed by atoms with Gasteiger partial charge in [0.25, 0.3) is 5.56 Å². The van der Waals surface area contributed by atoms with Crippen LogP contribution in [0.5, 0.6) is 0 Å². The summed E-state index contributed by atoms with van der Waals surface area (Å²) in [6.07, 6.45) is 1.21. The Kier molecular flexibility index (Phi) is 4.76. The Hall–Kier alpha value is -0.710. The molecule has 0 spiro atoms. The first-order chi connectivity index (χ1) is 9.06. The summed E-state index contributed by atoms with van der Waals surface area (Å²) < 4.78 is 18.0. The second kappa shape index (κ2) is 6.16. The third kappa shape index (κ3) is 3.07. The van der Waals surface area contributed by atoms with E-state index in [4.69, 9.17) is 14.2 Å². The van der Waals surface area contributed by atoms with E-state index in [9.17, 15) is 9.59 Å². The Morgan fingerprint density at radius 2 is 2.26 bits per heavy atom. The molecule has 1 aliphatic heterocycles. The monoisotopic (exact) mass is 382 g/mol. The van der Waals surface area contributed by atoms with E-state index in [-0.39, 0.29) is 12.2 Å². The molecule has 2 rings (SSSR count). The van der Waals surface area contributed by atoms with Crippen molar-refractivity contribution in [1.82, 2.24) is 9.55 Å². The number of halogens is 1. The smallest absolute Gasteiger partial charge is 0.330 e. The Bertz CT molecular complexity index is 555. The van der Waals surface area contributed by atoms with E-state index in [1.54, 1.807) is 14.2 Å². The summed E-state index contributed by atoms with van der Waals surface area (Å²) >= 11 is 1.87. The highest BCUT2D eigenvalue weighted by atomic mass is 127. The van der Waals surface area contributed by atoms with Gasteiger partial charge in [-0.3, -0.25) is 14.3 Å². The minimum absolute atomic E-state index is 0.138. The van der Waals surface area contributed by atoms with E-state index in [1.165, 1.54) is 10.8 Å². The highest BCUT2D eigenvalue weighted by molar-refractivity contribution is 14.1. The summed E-state index contributed by atoms with van der Waals surface area (Å²) in [7, 11) is 3.18. The number of aromatic amines is 1. The lowest BCUT2D eigenvalue weighted by atomic mass is 10.2. The van der Waals surface area contributed by atoms with E-state index in [0.717, 1.165) is 0 Å². The first-order valence-corrected chi connectivity index (χ1v) is 6.83. The van der Waals surface area contributed by atoms with E-state index >= 15 is 0 Å². The predicted molar refractivity (Wildman–Crippen MR) is 75.2 cm³/mol. The van der Waals surface area contributed by atoms with Gasteiger partial charge in [0.05, 0.1) is 16.3 Å². The van der Waals surface area contributed by atoms with Crippen LogP contribution in [0.25, 0.3) is 0 Å². The zero-order valence-corrected chi connectivity index (χ0v) is 12.7. The van der Waals surface area contributed by atoms with Gasteiger partial charge in [-0.1, -0.05) is 0 Å². The number of aromatic nitrogens is 2. The van der Waals surface area contributed by atoms with Crippen LogP contribution in [-0.2, 0) is 14.2 Å². The van der Waals surface area contributed by atoms with Crippen LogP contribution in [0.4, 0.5) is 0 Å². The SMILES string of the molecule is COCC1O[C@@H](n2cc(I)c(=O)[nH]c2=O)CC1OC. The summed E-state index contributed by atoms with van der Waals surface area (Å²) in [6, 6.07) is 0. The average Bonchev–Trinajstić information content (AvgIpc) is 2.77. The molecule has 1 aromatic rings. The first kappa shape index (κ1) is 14.7. The summed E-state index contributed by atoms with van der Waals surface area (Å²) in [5, 5.41) is 0. The lowest BCUT2D eigenvalue weighted by molar-refractivity contribution is -0.0618. The molecule has 106 valence electrons. The molecule has 7 nitrogen and oxygen atoms in total. The summed E-state index contributed by atoms with van der Waals surface area (Å²) in [4.78, 5) is 25.4. The molecular weight excluding hydrogens is 367 g/mol. The second-order valence-electron chi connectivity index (χ2n) is 4.24. The third-order valence-electron chi connectivity index (χ3n) is 3.05. The van der Waals surface area contributed by atoms with Gasteiger partial charge in [0, 0.05) is 26.8 Å². The number of methoxy groups -OCH3 is 2. The fourth-order valence-corrected chi connectivity index (χ4v) is 2.54. The Labute approximate surface area is 123 Å². The summed E-state index contributed by atoms with van der Waals surface area (Å²) in [5.41, 5.74) is -0.875. The molecule has 0 radical (unpaired) electrons. The maximum atomic E-state index is 11.8. The normalized spacial score (nSPS) is 26.8. The quantitative estimate of drug-likeness (QED) is 0.747. The highest BCUT2D eigenvalue weighted by Gasteiger charge is 2.36. The Balaban J connectivity index is 2.27. The van der Waals surface area contributed by atoms with Crippen LogP contribution < -0.4 is 11.2 Å². The van der Waals surface area contributed by atoms with Crippen molar-refractivity contribution in [2.75, 3.05) is 20.8 Å². The molecule has 1 saturated heterocycles. The lowest BCUT2D eigenvalue weighted by Crippen LogP contribution is -2.33. The molecular formula is C11H15IN2O5. The van der Waals surface area contributed by atoms with Gasteiger partial charge in [-0.2, -0.15) is 0 Å². The van der Waals surface area contributed by atoms with Crippen LogP contribution >= 0.6 is 22.6 Å². The molecule has 3 atom stereocenters. The first-order valence-electron chi connectivity index (χ1n) is 5.75. The molecule has 0 saturated carbocycles. The van der Waals surface area contributed by atoms with Crippen molar-refractivity contribution in [3.8, 4) is 0 Å². The second-order valence-corrected chi connectivity index (χ2v) is 5.40. The van der Waals surface area contributed by atoms with Gasteiger partial charge in [0.1, 0.15) is 12.3 Å². The molecule has 0 amide bonds. The van der Waals surface area contributed by atoms with Gasteiger partial charge in [0.2, 0.25) is 0 Å². The van der Waals surface area contributed by atoms with E-state index in [2.05, 4.69) is 4.98 Å². The fourth-order valence-electron chi connectivity index (χ4n) is 2.11. The minimum atomic E-state index is -0.483. The fraction of sp³-hybridized carbons (Fsp3) is 0.636. The molecule has 1 aromatic heterocycles. The number of H-pyrrole nitrogens is 1. The molecule has 1 N–H and O–H groups in total. The average molecular weight is 382 g/mol. The maximum absolute atomic E-state index is 11.8. The minimum Gasteiger partial charge on any atom is -0.382 e. The predicted octanol–water partition coefficient (Wildman–Crippen LogP) is 0.0901. The van der Waals surface area contributed by atoms with Crippen molar-refractivity contribution in [3.63, 3.8) is 0 Å². The van der Waals surface area contributed by atoms with Gasteiger partial charge < -0.3 is 14.2 Å². The van der Waals surface area contributed by atoms with Crippen LogP contribution in [-0.4, -0.2) is 42.6 Å². The van der Waals surface area contributed by atoms with Crippen molar-refractivity contribution < 1.29 is 14.2 Å². The number of nitrogens with zero attached hydrogens (tertiary/aromatic N) is 1. The van der Waals surface area contributed by atoms with Crippen molar-refractivity contribution >= 4 is 22.6 Å². The van der Waals surface area contributed by atoms with Gasteiger partial charge in [-0.05, 0) is 22.6 Å². The van der Waals surface area contributed by atoms with Gasteiger partial charge in [-0.15, -0.1) is 0 Å². The Morgan fingerprint density at radius 3 is 2.89 bits per heavy atom. The molecule has 0 bridgehead atoms. The van der Waals surface area contributed by atoms with Crippen molar-refractivity contribution in [1.29, 1.82) is 0 Å². The van der Waals surface area contributed by atoms with Crippen molar-refractivity contribution in [2.45, 2.75) is 24.9 Å². The number of hydrogen-bond acceptors (Lipinski definition) is 5. The molecule has 0 aromatic carbocycles. The molecule has 2 heterocycles. The molecule has 8 heteroatoms. The van der Waals surface area contributed by atoms with Gasteiger partial charge >= 0.3 is 5.69 Å². The molecule has 1 aliphatic rings. The maximum Gasteiger partial charge on any atom is 0.330 e. The van der Waals surface area contributed by atoms with Crippen LogP contribution in [0, 0.1) is 3.57 Å². The van der Waals surface area contributed by atoms with Crippen LogP contribution in [0.3, 0.4) is 0 Å². The van der Waals surface area contributed by atoms with Crippen LogP contribution in [0.2, 0.25) is 0 Å². The van der Waals surface area contributed by atoms with Gasteiger partial charge in [-0.25, -0.2) is 4.79 Å². The Morgan fingerprint density at radius 1 is 1.53 bits per heavy atom. The standard InChI is InChI=1S/C11H15IN2O5/c1-17-5-8-7(18-2)3-9(19-8)14-4-6(12)10(15)13-11(14)16/h4,7-9H,3,5H2,1-2H3,(H,13,15,16)/t7?,8?,9-/m1/s1. The largest absolute Gasteiger partial charge is 0.382 e. The molecule has 19 heavy (non-hydrogen) atoms. The highest BCUT2D eigenvalue weighted by Crippen LogP contribution is 2.29. The van der Waals surface area contributed by atoms with E-state index in [0.29, 0.717) is 16.6 Å². The summed E-state index contributed by atoms with van der Waals surface area (Å²) in [5.74, 6) is 0. The third-order valence-corrected chi connectivity index (χ3v) is 3.82. The van der Waals surface area contributed by atoms with Crippen molar-refractivity contribution in [3.05, 3.63) is 30.6 Å². The van der Waals surface area contributed by atoms with Crippen LogP contribution in [0.15, 0.2) is 15.8 Å². The number of rotatable bonds is 4. The van der Waals surface area contributed by atoms with Gasteiger partial charge in [0.15, 0.2) is 0 Å². The molecule has 2 unspecified atom stereocenters. The van der Waals surface area contributed by atoms with E-state index in [1.807, 2.05) is 22.6 Å². The lowest BCUT2D eigenvalue weighted by Gasteiger charge is -2.16. The topological polar surface area (TPSA) is 82.5 Å². The zero-order valence-electron chi connectivity index (χ0n) is 10.6.